The minimum absolute atomic E-state index is 0.354. The van der Waals surface area contributed by atoms with E-state index in [9.17, 15) is 19.8 Å². The zero-order valence-corrected chi connectivity index (χ0v) is 8.20. The van der Waals surface area contributed by atoms with E-state index in [1.54, 1.807) is 7.05 Å². The highest BCUT2D eigenvalue weighted by molar-refractivity contribution is 5.80. The predicted octanol–water partition coefficient (Wildman–Crippen LogP) is -3.70. The van der Waals surface area contributed by atoms with E-state index in [0.717, 1.165) is 0 Å². The van der Waals surface area contributed by atoms with Crippen molar-refractivity contribution in [3.8, 4) is 0 Å². The van der Waals surface area contributed by atoms with Gasteiger partial charge in [-0.1, -0.05) is 6.92 Å². The first kappa shape index (κ1) is 12.9. The molecule has 6 nitrogen and oxygen atoms in total. The molecule has 2 atom stereocenters. The second kappa shape index (κ2) is 6.33. The molecule has 0 bridgehead atoms. The monoisotopic (exact) mass is 202 g/mol. The number of aliphatic carboxylic acids is 2. The Morgan fingerprint density at radius 3 is 2.14 bits per heavy atom. The maximum atomic E-state index is 10.6. The quantitative estimate of drug-likeness (QED) is 0.412. The Morgan fingerprint density at radius 2 is 1.79 bits per heavy atom. The lowest BCUT2D eigenvalue weighted by Gasteiger charge is -2.26. The molecule has 14 heavy (non-hydrogen) atoms. The third-order valence-corrected chi connectivity index (χ3v) is 1.86. The largest absolute Gasteiger partial charge is 0.550 e. The average Bonchev–Trinajstić information content (AvgIpc) is 2.10. The highest BCUT2D eigenvalue weighted by Crippen LogP contribution is 2.00. The Bertz CT molecular complexity index is 208. The molecule has 0 amide bonds. The van der Waals surface area contributed by atoms with Gasteiger partial charge in [-0.25, -0.2) is 0 Å². The van der Waals surface area contributed by atoms with Crippen LogP contribution in [0.15, 0.2) is 0 Å². The van der Waals surface area contributed by atoms with Gasteiger partial charge in [0.05, 0.1) is 12.0 Å². The fourth-order valence-electron chi connectivity index (χ4n) is 0.953. The summed E-state index contributed by atoms with van der Waals surface area (Å²) in [6.45, 7) is 2.17. The normalized spacial score (nSPS) is 14.7. The summed E-state index contributed by atoms with van der Waals surface area (Å²) in [6, 6.07) is -1.21. The fraction of sp³-hybridized carbons (Fsp3) is 0.750. The number of carboxylic acid groups (broad SMARTS) is 2. The van der Waals surface area contributed by atoms with Gasteiger partial charge in [0.15, 0.2) is 0 Å². The van der Waals surface area contributed by atoms with Crippen LogP contribution in [0.4, 0.5) is 0 Å². The minimum Gasteiger partial charge on any atom is -0.550 e. The Kier molecular flexibility index (Phi) is 5.82. The number of carbonyl (C=O) groups is 2. The molecule has 6 heteroatoms. The highest BCUT2D eigenvalue weighted by Gasteiger charge is 2.18. The molecule has 0 rings (SSSR count). The van der Waals surface area contributed by atoms with Gasteiger partial charge >= 0.3 is 0 Å². The summed E-state index contributed by atoms with van der Waals surface area (Å²) < 4.78 is 0. The number of likely N-dealkylation sites (N-methyl/N-ethyl adjacent to an activating group) is 1. The maximum Gasteiger partial charge on any atom is 0.0590 e. The van der Waals surface area contributed by atoms with Crippen LogP contribution in [0.5, 0.6) is 0 Å². The Hall–Kier alpha value is -1.14. The van der Waals surface area contributed by atoms with Crippen molar-refractivity contribution in [1.82, 2.24) is 10.6 Å². The van der Waals surface area contributed by atoms with E-state index in [1.165, 1.54) is 6.92 Å². The molecule has 0 spiro atoms. The topological polar surface area (TPSA) is 104 Å². The summed E-state index contributed by atoms with van der Waals surface area (Å²) in [4.78, 5) is 21.0. The smallest absolute Gasteiger partial charge is 0.0590 e. The van der Waals surface area contributed by atoms with Gasteiger partial charge in [-0.05, 0) is 7.05 Å². The number of hydrogen-bond donors (Lipinski definition) is 2. The molecule has 0 aromatic heterocycles. The van der Waals surface area contributed by atoms with Crippen molar-refractivity contribution in [2.45, 2.75) is 13.0 Å². The van der Waals surface area contributed by atoms with Crippen molar-refractivity contribution in [3.63, 3.8) is 0 Å². The van der Waals surface area contributed by atoms with E-state index in [1.807, 2.05) is 0 Å². The van der Waals surface area contributed by atoms with E-state index in [0.29, 0.717) is 13.1 Å². The van der Waals surface area contributed by atoms with Gasteiger partial charge in [0.25, 0.3) is 0 Å². The summed E-state index contributed by atoms with van der Waals surface area (Å²) in [5.74, 6) is -3.95. The Balaban J connectivity index is 4.15. The number of nitrogens with one attached hydrogen (secondary N) is 2. The third kappa shape index (κ3) is 4.20. The van der Waals surface area contributed by atoms with E-state index >= 15 is 0 Å². The van der Waals surface area contributed by atoms with E-state index < -0.39 is 23.9 Å². The molecular weight excluding hydrogens is 188 g/mol. The Morgan fingerprint density at radius 1 is 1.21 bits per heavy atom. The fourth-order valence-corrected chi connectivity index (χ4v) is 0.953. The molecule has 0 aromatic rings. The second-order valence-corrected chi connectivity index (χ2v) is 2.96. The van der Waals surface area contributed by atoms with Crippen LogP contribution in [0.1, 0.15) is 6.92 Å². The van der Waals surface area contributed by atoms with Crippen LogP contribution >= 0.6 is 0 Å². The summed E-state index contributed by atoms with van der Waals surface area (Å²) in [6.07, 6.45) is 0. The first-order chi connectivity index (χ1) is 6.50. The van der Waals surface area contributed by atoms with Gasteiger partial charge < -0.3 is 30.4 Å². The van der Waals surface area contributed by atoms with Crippen LogP contribution in [0.3, 0.4) is 0 Å². The van der Waals surface area contributed by atoms with E-state index in [2.05, 4.69) is 10.6 Å². The molecule has 0 aromatic carbocycles. The first-order valence-corrected chi connectivity index (χ1v) is 4.30. The maximum absolute atomic E-state index is 10.6. The van der Waals surface area contributed by atoms with Crippen molar-refractivity contribution < 1.29 is 19.8 Å². The Labute approximate surface area is 82.3 Å². The second-order valence-electron chi connectivity index (χ2n) is 2.96. The molecule has 0 aliphatic rings. The predicted molar refractivity (Wildman–Crippen MR) is 44.9 cm³/mol. The van der Waals surface area contributed by atoms with Crippen molar-refractivity contribution >= 4 is 11.9 Å². The van der Waals surface area contributed by atoms with Crippen molar-refractivity contribution in [3.05, 3.63) is 0 Å². The van der Waals surface area contributed by atoms with E-state index in [4.69, 9.17) is 0 Å². The number of carboxylic acids is 2. The molecule has 0 heterocycles. The van der Waals surface area contributed by atoms with Crippen molar-refractivity contribution in [1.29, 1.82) is 0 Å². The van der Waals surface area contributed by atoms with Crippen LogP contribution in [-0.4, -0.2) is 38.1 Å². The molecule has 0 saturated carbocycles. The lowest BCUT2D eigenvalue weighted by molar-refractivity contribution is -0.322. The molecule has 2 N–H and O–H groups in total. The molecule has 82 valence electrons. The van der Waals surface area contributed by atoms with Crippen LogP contribution in [0, 0.1) is 5.92 Å². The molecule has 0 aliphatic heterocycles. The standard InChI is InChI=1S/C8H16N2O4/c1-5(7(11)12)6(8(13)14)10-4-3-9-2/h5-6,9-10H,3-4H2,1-2H3,(H,11,12)(H,13,14)/p-2. The van der Waals surface area contributed by atoms with Crippen LogP contribution in [-0.2, 0) is 9.59 Å². The van der Waals surface area contributed by atoms with Gasteiger partial charge in [0.2, 0.25) is 0 Å². The molecule has 0 radical (unpaired) electrons. The highest BCUT2D eigenvalue weighted by atomic mass is 16.4. The summed E-state index contributed by atoms with van der Waals surface area (Å²) in [5.41, 5.74) is 0. The SMILES string of the molecule is CNCCNC(C(=O)[O-])C(C)C(=O)[O-]. The molecule has 0 aliphatic carbocycles. The summed E-state index contributed by atoms with van der Waals surface area (Å²) in [7, 11) is 1.71. The third-order valence-electron chi connectivity index (χ3n) is 1.86. The molecule has 0 fully saturated rings. The van der Waals surface area contributed by atoms with Crippen molar-refractivity contribution in [2.75, 3.05) is 20.1 Å². The first-order valence-electron chi connectivity index (χ1n) is 4.30. The van der Waals surface area contributed by atoms with Gasteiger partial charge in [-0.15, -0.1) is 0 Å². The molecule has 2 unspecified atom stereocenters. The summed E-state index contributed by atoms with van der Waals surface area (Å²) in [5, 5.41) is 26.3. The van der Waals surface area contributed by atoms with Gasteiger partial charge in [0.1, 0.15) is 0 Å². The lowest BCUT2D eigenvalue weighted by Crippen LogP contribution is -2.54. The lowest BCUT2D eigenvalue weighted by atomic mass is 10.0. The van der Waals surface area contributed by atoms with Crippen LogP contribution in [0.25, 0.3) is 0 Å². The average molecular weight is 202 g/mol. The van der Waals surface area contributed by atoms with Crippen LogP contribution < -0.4 is 20.8 Å². The number of rotatable bonds is 7. The van der Waals surface area contributed by atoms with E-state index in [-0.39, 0.29) is 0 Å². The summed E-state index contributed by atoms with van der Waals surface area (Å²) >= 11 is 0. The van der Waals surface area contributed by atoms with Gasteiger partial charge in [-0.3, -0.25) is 0 Å². The molecular formula is C8H14N2O4-2. The zero-order chi connectivity index (χ0) is 11.1. The van der Waals surface area contributed by atoms with Crippen molar-refractivity contribution in [2.24, 2.45) is 5.92 Å². The minimum atomic E-state index is -1.43. The molecule has 0 saturated heterocycles. The zero-order valence-electron chi connectivity index (χ0n) is 8.20. The van der Waals surface area contributed by atoms with Crippen LogP contribution in [0.2, 0.25) is 0 Å². The number of carbonyl (C=O) groups excluding carboxylic acids is 2. The number of hydrogen-bond acceptors (Lipinski definition) is 6. The van der Waals surface area contributed by atoms with Gasteiger partial charge in [0, 0.05) is 25.0 Å². The van der Waals surface area contributed by atoms with Gasteiger partial charge in [-0.2, -0.15) is 0 Å².